The molecule has 2 atom stereocenters. The lowest BCUT2D eigenvalue weighted by molar-refractivity contribution is 0.122. The average Bonchev–Trinajstić information content (AvgIpc) is 1.59. The van der Waals surface area contributed by atoms with Crippen molar-refractivity contribution in [1.82, 2.24) is 118 Å². The molecule has 13 aromatic rings. The molecular formula is C72H86N32O4. The molecule has 12 aromatic heterocycles. The molecule has 5 aliphatic rings. The molecule has 0 radical (unpaired) electrons. The Morgan fingerprint density at radius 1 is 0.389 bits per heavy atom. The molecular weight excluding hydrogens is 1380 g/mol. The Labute approximate surface area is 620 Å². The van der Waals surface area contributed by atoms with Crippen molar-refractivity contribution in [3.05, 3.63) is 105 Å². The van der Waals surface area contributed by atoms with Gasteiger partial charge in [0.15, 0.2) is 22.6 Å². The van der Waals surface area contributed by atoms with Gasteiger partial charge >= 0.3 is 0 Å². The summed E-state index contributed by atoms with van der Waals surface area (Å²) in [6, 6.07) is 9.27. The minimum Gasteiger partial charge on any atom is -0.378 e. The lowest BCUT2D eigenvalue weighted by Gasteiger charge is -2.27. The highest BCUT2D eigenvalue weighted by molar-refractivity contribution is 5.91. The van der Waals surface area contributed by atoms with Gasteiger partial charge in [-0.25, -0.2) is 79.7 Å². The van der Waals surface area contributed by atoms with E-state index in [0.717, 1.165) is 149 Å². The highest BCUT2D eigenvalue weighted by atomic mass is 16.5. The SMILES string of the molecule is CCC(C)n1cnc2c(-c3cnc(N)nc3)nc(N3CCOCC3)nc21.CC[C@@H](C)n1cnc2c(-c3cnc(N)nc3)nc(N3CCOCC3)nc21.Cc1cccc(-n2cnc3c(-c4cnc(N)nc4)nc(N4CCOCC4)nc32)c1.Nc1ncc(-c2nc(N3CCOCC3)nc3c2ncn3C2CCCC2)cn1. The maximum atomic E-state index is 5.66. The van der Waals surface area contributed by atoms with Crippen LogP contribution in [0.4, 0.5) is 47.6 Å². The molecule has 1 unspecified atom stereocenters. The molecule has 108 heavy (non-hydrogen) atoms. The van der Waals surface area contributed by atoms with Crippen molar-refractivity contribution < 1.29 is 18.9 Å². The predicted molar refractivity (Wildman–Crippen MR) is 409 cm³/mol. The summed E-state index contributed by atoms with van der Waals surface area (Å²) in [5.41, 5.74) is 36.9. The highest BCUT2D eigenvalue weighted by Crippen LogP contribution is 2.37. The molecule has 16 heterocycles. The number of hydrogen-bond acceptors (Lipinski definition) is 32. The van der Waals surface area contributed by atoms with Crippen LogP contribution in [0.15, 0.2) is 99.1 Å². The molecule has 4 saturated heterocycles. The number of aryl methyl sites for hydroxylation is 1. The molecule has 0 spiro atoms. The third-order valence-electron chi connectivity index (χ3n) is 19.7. The van der Waals surface area contributed by atoms with E-state index in [9.17, 15) is 0 Å². The second-order valence-corrected chi connectivity index (χ2v) is 26.8. The van der Waals surface area contributed by atoms with Crippen molar-refractivity contribution in [1.29, 1.82) is 0 Å². The van der Waals surface area contributed by atoms with Crippen LogP contribution in [0.2, 0.25) is 0 Å². The van der Waals surface area contributed by atoms with Crippen LogP contribution in [0.25, 0.3) is 95.4 Å². The van der Waals surface area contributed by atoms with Gasteiger partial charge in [0, 0.05) is 148 Å². The van der Waals surface area contributed by atoms with Crippen LogP contribution in [0, 0.1) is 6.92 Å². The largest absolute Gasteiger partial charge is 0.378 e. The van der Waals surface area contributed by atoms with E-state index >= 15 is 0 Å². The molecule has 1 aromatic carbocycles. The number of fused-ring (bicyclic) bond motifs is 4. The molecule has 8 N–H and O–H groups in total. The first-order chi connectivity index (χ1) is 52.8. The fourth-order valence-corrected chi connectivity index (χ4v) is 13.3. The minimum atomic E-state index is 0.220. The number of imidazole rings is 4. The maximum Gasteiger partial charge on any atom is 0.228 e. The van der Waals surface area contributed by atoms with E-state index in [1.165, 1.54) is 31.2 Å². The quantitative estimate of drug-likeness (QED) is 0.0838. The molecule has 1 saturated carbocycles. The fraction of sp³-hybridized carbons (Fsp3) is 0.417. The zero-order valence-corrected chi connectivity index (χ0v) is 61.0. The fourth-order valence-electron chi connectivity index (χ4n) is 13.3. The number of aromatic nitrogens is 24. The average molecular weight is 1460 g/mol. The van der Waals surface area contributed by atoms with E-state index < -0.39 is 0 Å². The molecule has 1 aliphatic carbocycles. The summed E-state index contributed by atoms with van der Waals surface area (Å²) in [6.07, 6.45) is 27.6. The Balaban J connectivity index is 0.000000115. The van der Waals surface area contributed by atoms with Crippen molar-refractivity contribution in [2.45, 2.75) is 91.3 Å². The normalized spacial score (nSPS) is 16.3. The van der Waals surface area contributed by atoms with Gasteiger partial charge in [-0.1, -0.05) is 38.8 Å². The number of rotatable bonds is 14. The third kappa shape index (κ3) is 15.5. The van der Waals surface area contributed by atoms with E-state index in [2.05, 4.69) is 140 Å². The Kier molecular flexibility index (Phi) is 21.5. The standard InChI is InChI=1S/C20H20N8O.C18H22N8O.2C17H22N8O/c1-13-3-2-4-15(9-13)28-12-24-17-16(14-10-22-19(21)23-11-14)25-20(26-18(17)28)27-5-7-29-8-6-27;19-17-20-9-12(10-21-17)14-15-16(26(11-22-15)13-3-1-2-4-13)24-18(23-14)25-5-7-27-8-6-25;2*1-3-11(2)25-10-21-14-13(12-8-19-16(18)20-9-12)22-17(23-15(14)25)24-4-6-26-7-5-24/h2-4,9-12H,5-8H2,1H3,(H2,21,22,23);9-11,13H,1-8H2,(H2,19,20,21);2*8-11H,3-7H2,1-2H3,(H2,18,19,20)/t;;11-;/m..1./s1. The van der Waals surface area contributed by atoms with E-state index in [-0.39, 0.29) is 23.8 Å². The summed E-state index contributed by atoms with van der Waals surface area (Å²) in [4.78, 5) is 98.5. The summed E-state index contributed by atoms with van der Waals surface area (Å²) in [5, 5.41) is 0. The number of nitrogens with two attached hydrogens (primary N) is 4. The lowest BCUT2D eigenvalue weighted by atomic mass is 10.2. The van der Waals surface area contributed by atoms with Gasteiger partial charge in [-0.15, -0.1) is 0 Å². The first kappa shape index (κ1) is 71.6. The van der Waals surface area contributed by atoms with Gasteiger partial charge in [0.1, 0.15) is 51.2 Å². The Morgan fingerprint density at radius 3 is 1.06 bits per heavy atom. The molecule has 0 amide bonds. The van der Waals surface area contributed by atoms with E-state index in [1.54, 1.807) is 55.9 Å². The van der Waals surface area contributed by atoms with Gasteiger partial charge in [0.25, 0.3) is 0 Å². The molecule has 36 nitrogen and oxygen atoms in total. The number of hydrogen-bond donors (Lipinski definition) is 4. The van der Waals surface area contributed by atoms with Gasteiger partial charge in [-0.05, 0) is 64.2 Å². The summed E-state index contributed by atoms with van der Waals surface area (Å²) in [7, 11) is 0. The topological polar surface area (TPSA) is 431 Å². The number of anilines is 8. The van der Waals surface area contributed by atoms with Crippen LogP contribution in [0.3, 0.4) is 0 Å². The Morgan fingerprint density at radius 2 is 0.704 bits per heavy atom. The van der Waals surface area contributed by atoms with Gasteiger partial charge in [-0.3, -0.25) is 4.57 Å². The summed E-state index contributed by atoms with van der Waals surface area (Å²) in [5.74, 6) is 3.64. The minimum absolute atomic E-state index is 0.220. The van der Waals surface area contributed by atoms with Crippen molar-refractivity contribution in [3.63, 3.8) is 0 Å². The number of nitrogen functional groups attached to an aromatic ring is 4. The lowest BCUT2D eigenvalue weighted by Crippen LogP contribution is -2.37. The Bertz CT molecular complexity index is 5050. The molecule has 36 heteroatoms. The molecule has 18 rings (SSSR count). The van der Waals surface area contributed by atoms with Crippen LogP contribution in [0.1, 0.15) is 89.9 Å². The molecule has 4 aliphatic heterocycles. The maximum absolute atomic E-state index is 5.66. The third-order valence-corrected chi connectivity index (χ3v) is 19.7. The summed E-state index contributed by atoms with van der Waals surface area (Å²) in [6.45, 7) is 22.1. The smallest absolute Gasteiger partial charge is 0.228 e. The van der Waals surface area contributed by atoms with Crippen molar-refractivity contribution in [2.75, 3.05) is 148 Å². The monoisotopic (exact) mass is 1460 g/mol. The second kappa shape index (κ2) is 32.4. The zero-order valence-electron chi connectivity index (χ0n) is 61.0. The van der Waals surface area contributed by atoms with Gasteiger partial charge in [-0.2, -0.15) is 19.9 Å². The van der Waals surface area contributed by atoms with Crippen LogP contribution < -0.4 is 42.5 Å². The van der Waals surface area contributed by atoms with Crippen LogP contribution in [-0.4, -0.2) is 223 Å². The zero-order chi connectivity index (χ0) is 74.2. The van der Waals surface area contributed by atoms with E-state index in [4.69, 9.17) is 81.8 Å². The predicted octanol–water partition coefficient (Wildman–Crippen LogP) is 7.16. The molecule has 558 valence electrons. The first-order valence-corrected chi connectivity index (χ1v) is 36.5. The number of benzene rings is 1. The van der Waals surface area contributed by atoms with E-state index in [1.807, 2.05) is 35.7 Å². The van der Waals surface area contributed by atoms with Crippen LogP contribution in [-0.2, 0) is 18.9 Å². The van der Waals surface area contributed by atoms with Crippen LogP contribution in [0.5, 0.6) is 0 Å². The first-order valence-electron chi connectivity index (χ1n) is 36.5. The summed E-state index contributed by atoms with van der Waals surface area (Å²) < 4.78 is 30.3. The van der Waals surface area contributed by atoms with Gasteiger partial charge in [0.2, 0.25) is 47.6 Å². The number of morpholine rings is 4. The van der Waals surface area contributed by atoms with Crippen molar-refractivity contribution in [3.8, 4) is 50.7 Å². The van der Waals surface area contributed by atoms with Crippen molar-refractivity contribution >= 4 is 92.2 Å². The summed E-state index contributed by atoms with van der Waals surface area (Å²) >= 11 is 0. The van der Waals surface area contributed by atoms with E-state index in [0.29, 0.717) is 106 Å². The Hall–Kier alpha value is -12.0. The van der Waals surface area contributed by atoms with Gasteiger partial charge in [0.05, 0.1) is 71.8 Å². The van der Waals surface area contributed by atoms with Crippen LogP contribution >= 0.6 is 0 Å². The molecule has 5 fully saturated rings. The number of nitrogens with zero attached hydrogens (tertiary/aromatic N) is 28. The number of ether oxygens (including phenoxy) is 4. The molecule has 0 bridgehead atoms. The van der Waals surface area contributed by atoms with Crippen molar-refractivity contribution in [2.24, 2.45) is 0 Å². The second-order valence-electron chi connectivity index (χ2n) is 26.8. The highest BCUT2D eigenvalue weighted by Gasteiger charge is 2.28. The van der Waals surface area contributed by atoms with Gasteiger partial charge < -0.3 is 75.2 Å².